The van der Waals surface area contributed by atoms with E-state index in [2.05, 4.69) is 40.5 Å². The normalized spacial score (nSPS) is 15.4. The fourth-order valence-corrected chi connectivity index (χ4v) is 4.40. The second-order valence-electron chi connectivity index (χ2n) is 9.38. The molecule has 0 unspecified atom stereocenters. The first-order valence-electron chi connectivity index (χ1n) is 12.2. The lowest BCUT2D eigenvalue weighted by Gasteiger charge is -2.32. The van der Waals surface area contributed by atoms with Gasteiger partial charge in [0.2, 0.25) is 5.95 Å². The Bertz CT molecular complexity index is 1280. The van der Waals surface area contributed by atoms with E-state index in [0.717, 1.165) is 41.0 Å². The van der Waals surface area contributed by atoms with E-state index >= 15 is 0 Å². The van der Waals surface area contributed by atoms with E-state index in [9.17, 15) is 9.59 Å². The summed E-state index contributed by atoms with van der Waals surface area (Å²) in [5.41, 5.74) is 9.71. The maximum Gasteiger partial charge on any atom is 0.404 e. The number of ether oxygens (including phenoxy) is 1. The molecule has 0 aliphatic carbocycles. The minimum absolute atomic E-state index is 0.168. The quantitative estimate of drug-likeness (QED) is 0.354. The van der Waals surface area contributed by atoms with Crippen LogP contribution in [0.3, 0.4) is 0 Å². The first-order chi connectivity index (χ1) is 17.7. The molecule has 10 nitrogen and oxygen atoms in total. The molecule has 1 aliphatic rings. The van der Waals surface area contributed by atoms with Crippen molar-refractivity contribution in [1.29, 1.82) is 0 Å². The van der Waals surface area contributed by atoms with Gasteiger partial charge in [-0.15, -0.1) is 0 Å². The zero-order valence-electron chi connectivity index (χ0n) is 21.2. The Balaban J connectivity index is 1.68. The molecule has 1 aliphatic heterocycles. The largest absolute Gasteiger partial charge is 0.497 e. The molecule has 2 amide bonds. The number of amides is 2. The second-order valence-corrected chi connectivity index (χ2v) is 9.38. The number of nitrogens with one attached hydrogen (secondary N) is 2. The van der Waals surface area contributed by atoms with Crippen LogP contribution in [0.5, 0.6) is 5.75 Å². The molecule has 0 saturated carbocycles. The Morgan fingerprint density at radius 2 is 1.92 bits per heavy atom. The van der Waals surface area contributed by atoms with E-state index in [1.54, 1.807) is 7.11 Å². The molecule has 2 aromatic carbocycles. The summed E-state index contributed by atoms with van der Waals surface area (Å²) in [4.78, 5) is 34.2. The van der Waals surface area contributed by atoms with Gasteiger partial charge in [0.15, 0.2) is 0 Å². The zero-order chi connectivity index (χ0) is 26.5. The van der Waals surface area contributed by atoms with Crippen molar-refractivity contribution in [3.05, 3.63) is 59.8 Å². The fraction of sp³-hybridized carbons (Fsp3) is 0.333. The monoisotopic (exact) mass is 504 g/mol. The van der Waals surface area contributed by atoms with Crippen molar-refractivity contribution in [3.8, 4) is 16.9 Å². The molecule has 1 fully saturated rings. The first kappa shape index (κ1) is 25.7. The zero-order valence-corrected chi connectivity index (χ0v) is 21.2. The number of primary amides is 1. The van der Waals surface area contributed by atoms with Gasteiger partial charge >= 0.3 is 6.09 Å². The molecular weight excluding hydrogens is 472 g/mol. The van der Waals surface area contributed by atoms with Crippen molar-refractivity contribution in [2.24, 2.45) is 5.73 Å². The number of rotatable bonds is 8. The van der Waals surface area contributed by atoms with E-state index in [1.807, 2.05) is 41.3 Å². The van der Waals surface area contributed by atoms with Gasteiger partial charge in [-0.05, 0) is 59.7 Å². The van der Waals surface area contributed by atoms with Crippen LogP contribution >= 0.6 is 0 Å². The van der Waals surface area contributed by atoms with Crippen molar-refractivity contribution >= 4 is 29.5 Å². The van der Waals surface area contributed by atoms with Crippen LogP contribution in [0.2, 0.25) is 0 Å². The van der Waals surface area contributed by atoms with Gasteiger partial charge in [-0.2, -0.15) is 4.98 Å². The molecule has 2 heterocycles. The van der Waals surface area contributed by atoms with Crippen LogP contribution in [-0.4, -0.2) is 53.3 Å². The third kappa shape index (κ3) is 6.27. The SMILES string of the molecule is COc1ccc(-c2cc(Nc3nc(N4CCC[C@H](NC(=O)O)C4)ncc3C(N)=O)cc(C(C)C)c2)cc1. The molecule has 1 aromatic heterocycles. The number of nitrogens with zero attached hydrogens (tertiary/aromatic N) is 3. The molecule has 194 valence electrons. The number of aromatic nitrogens is 2. The average molecular weight is 505 g/mol. The number of carbonyl (C=O) groups excluding carboxylic acids is 1. The summed E-state index contributed by atoms with van der Waals surface area (Å²) in [5, 5.41) is 14.9. The lowest BCUT2D eigenvalue weighted by Crippen LogP contribution is -2.48. The molecule has 10 heteroatoms. The predicted octanol–water partition coefficient (Wildman–Crippen LogP) is 4.35. The van der Waals surface area contributed by atoms with E-state index in [4.69, 9.17) is 15.6 Å². The lowest BCUT2D eigenvalue weighted by molar-refractivity contribution is 0.100. The standard InChI is InChI=1S/C27H32N6O4/c1-16(2)18-11-19(17-6-8-22(37-3)9-7-17)13-21(12-18)30-25-23(24(28)34)14-29-26(32-25)33-10-4-5-20(15-33)31-27(35)36/h6-9,11-14,16,20,31H,4-5,10,15H2,1-3H3,(H2,28,34)(H,35,36)(H,29,30,32)/t20-/m0/s1. The minimum atomic E-state index is -1.06. The Morgan fingerprint density at radius 3 is 2.57 bits per heavy atom. The van der Waals surface area contributed by atoms with E-state index in [1.165, 1.54) is 6.20 Å². The first-order valence-corrected chi connectivity index (χ1v) is 12.2. The summed E-state index contributed by atoms with van der Waals surface area (Å²) in [7, 11) is 1.63. The molecule has 5 N–H and O–H groups in total. The number of anilines is 3. The number of hydrogen-bond donors (Lipinski definition) is 4. The van der Waals surface area contributed by atoms with Crippen LogP contribution in [0.1, 0.15) is 48.5 Å². The summed E-state index contributed by atoms with van der Waals surface area (Å²) in [6.45, 7) is 5.35. The third-order valence-electron chi connectivity index (χ3n) is 6.38. The highest BCUT2D eigenvalue weighted by Gasteiger charge is 2.24. The third-order valence-corrected chi connectivity index (χ3v) is 6.38. The second kappa shape index (κ2) is 11.2. The summed E-state index contributed by atoms with van der Waals surface area (Å²) in [6, 6.07) is 13.8. The van der Waals surface area contributed by atoms with Crippen molar-refractivity contribution in [2.75, 3.05) is 30.4 Å². The number of hydrogen-bond acceptors (Lipinski definition) is 7. The minimum Gasteiger partial charge on any atom is -0.497 e. The Morgan fingerprint density at radius 1 is 1.16 bits per heavy atom. The molecule has 37 heavy (non-hydrogen) atoms. The maximum atomic E-state index is 12.2. The number of nitrogens with two attached hydrogens (primary N) is 1. The number of carbonyl (C=O) groups is 2. The summed E-state index contributed by atoms with van der Waals surface area (Å²) < 4.78 is 5.28. The van der Waals surface area contributed by atoms with Gasteiger partial charge in [-0.3, -0.25) is 4.79 Å². The van der Waals surface area contributed by atoms with Crippen molar-refractivity contribution in [2.45, 2.75) is 38.6 Å². The average Bonchev–Trinajstić information content (AvgIpc) is 2.88. The topological polar surface area (TPSA) is 143 Å². The van der Waals surface area contributed by atoms with Gasteiger partial charge in [0.25, 0.3) is 5.91 Å². The van der Waals surface area contributed by atoms with Gasteiger partial charge in [0.1, 0.15) is 17.1 Å². The summed E-state index contributed by atoms with van der Waals surface area (Å²) >= 11 is 0. The lowest BCUT2D eigenvalue weighted by atomic mass is 9.96. The Kier molecular flexibility index (Phi) is 7.76. The van der Waals surface area contributed by atoms with Crippen LogP contribution in [-0.2, 0) is 0 Å². The van der Waals surface area contributed by atoms with Gasteiger partial charge in [0, 0.05) is 31.0 Å². The fourth-order valence-electron chi connectivity index (χ4n) is 4.40. The van der Waals surface area contributed by atoms with E-state index in [-0.39, 0.29) is 17.5 Å². The Labute approximate surface area is 215 Å². The summed E-state index contributed by atoms with van der Waals surface area (Å²) in [5.74, 6) is 1.10. The molecular formula is C27H32N6O4. The van der Waals surface area contributed by atoms with Crippen molar-refractivity contribution in [1.82, 2.24) is 15.3 Å². The van der Waals surface area contributed by atoms with Gasteiger partial charge in [0.05, 0.1) is 7.11 Å². The molecule has 4 rings (SSSR count). The summed E-state index contributed by atoms with van der Waals surface area (Å²) in [6.07, 6.45) is 1.88. The van der Waals surface area contributed by atoms with Gasteiger partial charge < -0.3 is 31.1 Å². The molecule has 0 radical (unpaired) electrons. The van der Waals surface area contributed by atoms with Crippen LogP contribution in [0.4, 0.5) is 22.2 Å². The van der Waals surface area contributed by atoms with Crippen LogP contribution in [0, 0.1) is 0 Å². The molecule has 1 atom stereocenters. The predicted molar refractivity (Wildman–Crippen MR) is 143 cm³/mol. The van der Waals surface area contributed by atoms with Crippen LogP contribution in [0.15, 0.2) is 48.7 Å². The van der Waals surface area contributed by atoms with Crippen molar-refractivity contribution < 1.29 is 19.4 Å². The number of carboxylic acid groups (broad SMARTS) is 1. The highest BCUT2D eigenvalue weighted by atomic mass is 16.5. The van der Waals surface area contributed by atoms with Crippen LogP contribution < -0.4 is 26.0 Å². The number of piperidine rings is 1. The number of methoxy groups -OCH3 is 1. The molecule has 0 bridgehead atoms. The Hall–Kier alpha value is -4.34. The van der Waals surface area contributed by atoms with Gasteiger partial charge in [-0.1, -0.05) is 32.0 Å². The number of benzene rings is 2. The highest BCUT2D eigenvalue weighted by molar-refractivity contribution is 5.98. The van der Waals surface area contributed by atoms with E-state index < -0.39 is 12.0 Å². The molecule has 3 aromatic rings. The smallest absolute Gasteiger partial charge is 0.404 e. The highest BCUT2D eigenvalue weighted by Crippen LogP contribution is 2.31. The van der Waals surface area contributed by atoms with Crippen LogP contribution in [0.25, 0.3) is 11.1 Å². The van der Waals surface area contributed by atoms with Gasteiger partial charge in [-0.25, -0.2) is 9.78 Å². The molecule has 0 spiro atoms. The van der Waals surface area contributed by atoms with Crippen molar-refractivity contribution in [3.63, 3.8) is 0 Å². The van der Waals surface area contributed by atoms with E-state index in [0.29, 0.717) is 24.9 Å². The molecule has 1 saturated heterocycles. The maximum absolute atomic E-state index is 12.2.